The summed E-state index contributed by atoms with van der Waals surface area (Å²) in [5.41, 5.74) is 6.40. The molecule has 1 rings (SSSR count). The smallest absolute Gasteiger partial charge is 0.323 e. The fourth-order valence-corrected chi connectivity index (χ4v) is 1.34. The molecule has 0 fully saturated rings. The van der Waals surface area contributed by atoms with Gasteiger partial charge in [0.25, 0.3) is 5.69 Å². The van der Waals surface area contributed by atoms with E-state index in [1.54, 1.807) is 19.1 Å². The molecule has 0 amide bonds. The van der Waals surface area contributed by atoms with Crippen LogP contribution in [-0.4, -0.2) is 23.5 Å². The molecule has 0 spiro atoms. The number of rotatable bonds is 5. The van der Waals surface area contributed by atoms with Crippen molar-refractivity contribution in [3.63, 3.8) is 0 Å². The van der Waals surface area contributed by atoms with Gasteiger partial charge in [-0.1, -0.05) is 12.1 Å². The maximum Gasteiger partial charge on any atom is 0.323 e. The number of esters is 1. The number of non-ortho nitro benzene ring substituents is 1. The average Bonchev–Trinajstić information content (AvgIpc) is 2.30. The number of nitro groups is 1. The fourth-order valence-electron chi connectivity index (χ4n) is 1.34. The van der Waals surface area contributed by atoms with Crippen LogP contribution in [0.2, 0.25) is 0 Å². The highest BCUT2D eigenvalue weighted by molar-refractivity contribution is 5.75. The lowest BCUT2D eigenvalue weighted by Gasteiger charge is -2.10. The van der Waals surface area contributed by atoms with Crippen molar-refractivity contribution in [2.75, 3.05) is 6.61 Å². The number of ether oxygens (including phenoxy) is 1. The molecule has 0 heterocycles. The van der Waals surface area contributed by atoms with Gasteiger partial charge in [-0.15, -0.1) is 0 Å². The van der Waals surface area contributed by atoms with E-state index in [1.165, 1.54) is 12.1 Å². The molecule has 1 aromatic carbocycles. The minimum atomic E-state index is -0.739. The van der Waals surface area contributed by atoms with Gasteiger partial charge >= 0.3 is 5.97 Å². The van der Waals surface area contributed by atoms with Gasteiger partial charge in [-0.2, -0.15) is 0 Å². The number of nitrogens with zero attached hydrogens (tertiary/aromatic N) is 1. The van der Waals surface area contributed by atoms with E-state index in [0.717, 1.165) is 5.56 Å². The molecule has 0 saturated heterocycles. The Bertz CT molecular complexity index is 402. The summed E-state index contributed by atoms with van der Waals surface area (Å²) < 4.78 is 4.77. The molecule has 0 bridgehead atoms. The number of hydrogen-bond acceptors (Lipinski definition) is 5. The van der Waals surface area contributed by atoms with Crippen LogP contribution in [0.5, 0.6) is 0 Å². The van der Waals surface area contributed by atoms with E-state index in [2.05, 4.69) is 0 Å². The highest BCUT2D eigenvalue weighted by Crippen LogP contribution is 2.13. The molecule has 92 valence electrons. The van der Waals surface area contributed by atoms with Crippen LogP contribution in [0.1, 0.15) is 12.5 Å². The normalized spacial score (nSPS) is 11.9. The van der Waals surface area contributed by atoms with Gasteiger partial charge in [-0.05, 0) is 18.9 Å². The molecule has 1 aromatic rings. The zero-order valence-electron chi connectivity index (χ0n) is 9.46. The van der Waals surface area contributed by atoms with Crippen molar-refractivity contribution in [3.05, 3.63) is 39.9 Å². The predicted octanol–water partition coefficient (Wildman–Crippen LogP) is 1.03. The summed E-state index contributed by atoms with van der Waals surface area (Å²) in [6, 6.07) is 5.19. The van der Waals surface area contributed by atoms with Gasteiger partial charge in [-0.25, -0.2) is 0 Å². The first-order valence-electron chi connectivity index (χ1n) is 5.20. The maximum atomic E-state index is 11.3. The Morgan fingerprint density at radius 2 is 2.06 bits per heavy atom. The van der Waals surface area contributed by atoms with Crippen molar-refractivity contribution < 1.29 is 14.5 Å². The largest absolute Gasteiger partial charge is 0.465 e. The average molecular weight is 238 g/mol. The Labute approximate surface area is 98.5 Å². The molecule has 0 saturated carbocycles. The summed E-state index contributed by atoms with van der Waals surface area (Å²) in [6.07, 6.45) is 0.302. The molecular weight excluding hydrogens is 224 g/mol. The van der Waals surface area contributed by atoms with Crippen LogP contribution in [0.15, 0.2) is 24.3 Å². The number of hydrogen-bond donors (Lipinski definition) is 1. The minimum Gasteiger partial charge on any atom is -0.465 e. The van der Waals surface area contributed by atoms with Crippen molar-refractivity contribution in [3.8, 4) is 0 Å². The summed E-state index contributed by atoms with van der Waals surface area (Å²) in [5.74, 6) is -0.467. The molecule has 0 unspecified atom stereocenters. The second-order valence-electron chi connectivity index (χ2n) is 3.49. The SMILES string of the molecule is CCOC(=O)[C@@H](N)Cc1ccc([N+](=O)[O-])cc1. The van der Waals surface area contributed by atoms with Gasteiger partial charge in [0.15, 0.2) is 0 Å². The lowest BCUT2D eigenvalue weighted by atomic mass is 10.1. The van der Waals surface area contributed by atoms with Crippen LogP contribution in [0.25, 0.3) is 0 Å². The number of nitrogens with two attached hydrogens (primary N) is 1. The molecule has 0 aliphatic carbocycles. The molecular formula is C11H14N2O4. The van der Waals surface area contributed by atoms with Crippen molar-refractivity contribution in [1.82, 2.24) is 0 Å². The zero-order valence-corrected chi connectivity index (χ0v) is 9.46. The summed E-state index contributed by atoms with van der Waals surface area (Å²) in [7, 11) is 0. The molecule has 0 aliphatic heterocycles. The van der Waals surface area contributed by atoms with Gasteiger partial charge in [0.2, 0.25) is 0 Å². The quantitative estimate of drug-likeness (QED) is 0.469. The first kappa shape index (κ1) is 13.1. The maximum absolute atomic E-state index is 11.3. The second kappa shape index (κ2) is 5.95. The Kier molecular flexibility index (Phi) is 4.59. The van der Waals surface area contributed by atoms with E-state index in [0.29, 0.717) is 6.42 Å². The molecule has 6 heteroatoms. The fraction of sp³-hybridized carbons (Fsp3) is 0.364. The van der Waals surface area contributed by atoms with Crippen LogP contribution >= 0.6 is 0 Å². The van der Waals surface area contributed by atoms with Crippen LogP contribution < -0.4 is 5.73 Å². The summed E-state index contributed by atoms with van der Waals surface area (Å²) in [5, 5.41) is 10.4. The monoisotopic (exact) mass is 238 g/mol. The number of nitro benzene ring substituents is 1. The number of carbonyl (C=O) groups is 1. The summed E-state index contributed by atoms with van der Waals surface area (Å²) in [6.45, 7) is 1.99. The first-order chi connectivity index (χ1) is 8.04. The van der Waals surface area contributed by atoms with Gasteiger partial charge in [0.05, 0.1) is 11.5 Å². The van der Waals surface area contributed by atoms with E-state index in [4.69, 9.17) is 10.5 Å². The molecule has 0 radical (unpaired) electrons. The topological polar surface area (TPSA) is 95.5 Å². The van der Waals surface area contributed by atoms with Gasteiger partial charge in [-0.3, -0.25) is 14.9 Å². The van der Waals surface area contributed by atoms with E-state index < -0.39 is 16.9 Å². The Balaban J connectivity index is 2.63. The van der Waals surface area contributed by atoms with Gasteiger partial charge in [0, 0.05) is 12.1 Å². The first-order valence-corrected chi connectivity index (χ1v) is 5.20. The van der Waals surface area contributed by atoms with Gasteiger partial charge in [0.1, 0.15) is 6.04 Å². The molecule has 2 N–H and O–H groups in total. The highest BCUT2D eigenvalue weighted by Gasteiger charge is 2.15. The lowest BCUT2D eigenvalue weighted by molar-refractivity contribution is -0.384. The van der Waals surface area contributed by atoms with Crippen LogP contribution in [0.4, 0.5) is 5.69 Å². The number of carbonyl (C=O) groups excluding carboxylic acids is 1. The van der Waals surface area contributed by atoms with E-state index in [1.807, 2.05) is 0 Å². The van der Waals surface area contributed by atoms with Crippen LogP contribution in [0, 0.1) is 10.1 Å². The summed E-state index contributed by atoms with van der Waals surface area (Å²) in [4.78, 5) is 21.2. The standard InChI is InChI=1S/C11H14N2O4/c1-2-17-11(14)10(12)7-8-3-5-9(6-4-8)13(15)16/h3-6,10H,2,7,12H2,1H3/t10-/m0/s1. The second-order valence-corrected chi connectivity index (χ2v) is 3.49. The molecule has 0 aliphatic rings. The Hall–Kier alpha value is -1.95. The van der Waals surface area contributed by atoms with E-state index >= 15 is 0 Å². The third kappa shape index (κ3) is 3.84. The molecule has 1 atom stereocenters. The van der Waals surface area contributed by atoms with Crippen molar-refractivity contribution in [1.29, 1.82) is 0 Å². The molecule has 6 nitrogen and oxygen atoms in total. The van der Waals surface area contributed by atoms with E-state index in [-0.39, 0.29) is 12.3 Å². The van der Waals surface area contributed by atoms with Crippen molar-refractivity contribution in [2.45, 2.75) is 19.4 Å². The van der Waals surface area contributed by atoms with Crippen LogP contribution in [0.3, 0.4) is 0 Å². The van der Waals surface area contributed by atoms with Crippen molar-refractivity contribution in [2.24, 2.45) is 5.73 Å². The third-order valence-corrected chi connectivity index (χ3v) is 2.19. The number of benzene rings is 1. The van der Waals surface area contributed by atoms with Crippen molar-refractivity contribution >= 4 is 11.7 Å². The van der Waals surface area contributed by atoms with E-state index in [9.17, 15) is 14.9 Å². The highest BCUT2D eigenvalue weighted by atomic mass is 16.6. The van der Waals surface area contributed by atoms with Crippen LogP contribution in [-0.2, 0) is 16.0 Å². The lowest BCUT2D eigenvalue weighted by Crippen LogP contribution is -2.34. The summed E-state index contributed by atoms with van der Waals surface area (Å²) >= 11 is 0. The molecule has 17 heavy (non-hydrogen) atoms. The Morgan fingerprint density at radius 1 is 1.47 bits per heavy atom. The predicted molar refractivity (Wildman–Crippen MR) is 61.4 cm³/mol. The van der Waals surface area contributed by atoms with Gasteiger partial charge < -0.3 is 10.5 Å². The molecule has 0 aromatic heterocycles. The third-order valence-electron chi connectivity index (χ3n) is 2.19. The zero-order chi connectivity index (χ0) is 12.8. The minimum absolute atomic E-state index is 0.0125. The Morgan fingerprint density at radius 3 is 2.53 bits per heavy atom.